The van der Waals surface area contributed by atoms with Crippen LogP contribution in [0.1, 0.15) is 0 Å². The third-order valence-electron chi connectivity index (χ3n) is 5.89. The van der Waals surface area contributed by atoms with Crippen LogP contribution in [-0.2, 0) is 20.1 Å². The Kier molecular flexibility index (Phi) is 6.99. The molecule has 0 saturated carbocycles. The van der Waals surface area contributed by atoms with E-state index in [4.69, 9.17) is 4.74 Å². The van der Waals surface area contributed by atoms with E-state index in [0.29, 0.717) is 0 Å². The Hall–Kier alpha value is -4.11. The molecule has 1 aliphatic rings. The van der Waals surface area contributed by atoms with Gasteiger partial charge < -0.3 is 14.7 Å². The van der Waals surface area contributed by atoms with Crippen LogP contribution in [0.5, 0.6) is 11.5 Å². The molecule has 0 saturated heterocycles. The molecule has 0 N–H and O–H groups in total. The predicted molar refractivity (Wildman–Crippen MR) is 140 cm³/mol. The topological polar surface area (TPSA) is 35.0 Å². The van der Waals surface area contributed by atoms with Crippen molar-refractivity contribution in [2.24, 2.45) is 0 Å². The first-order chi connectivity index (χ1) is 17.4. The fourth-order valence-electron chi connectivity index (χ4n) is 4.30. The van der Waals surface area contributed by atoms with Gasteiger partial charge in [-0.3, -0.25) is 0 Å². The number of hydrogen-bond donors (Lipinski definition) is 0. The zero-order chi connectivity index (χ0) is 23.5. The van der Waals surface area contributed by atoms with E-state index >= 15 is 0 Å². The van der Waals surface area contributed by atoms with Crippen molar-refractivity contribution in [1.29, 1.82) is 0 Å². The van der Waals surface area contributed by atoms with E-state index < -0.39 is 0 Å². The molecule has 1 aliphatic heterocycles. The third kappa shape index (κ3) is 4.57. The molecular weight excluding hydrogens is 621 g/mol. The van der Waals surface area contributed by atoms with Gasteiger partial charge in [0.05, 0.1) is 5.75 Å². The molecule has 2 aromatic heterocycles. The van der Waals surface area contributed by atoms with Gasteiger partial charge in [-0.1, -0.05) is 65.7 Å². The fourth-order valence-corrected chi connectivity index (χ4v) is 4.30. The molecule has 6 aromatic rings. The first-order valence-corrected chi connectivity index (χ1v) is 11.4. The zero-order valence-electron chi connectivity index (χ0n) is 19.2. The summed E-state index contributed by atoms with van der Waals surface area (Å²) in [6.07, 6.45) is 3.58. The molecule has 3 nitrogen and oxygen atoms in total. The Labute approximate surface area is 223 Å². The van der Waals surface area contributed by atoms with Crippen molar-refractivity contribution in [1.82, 2.24) is 9.97 Å². The molecule has 0 amide bonds. The Balaban J connectivity index is 0.000000175. The van der Waals surface area contributed by atoms with Crippen molar-refractivity contribution in [3.63, 3.8) is 0 Å². The molecule has 0 aliphatic carbocycles. The van der Waals surface area contributed by atoms with Gasteiger partial charge >= 0.3 is 0 Å². The van der Waals surface area contributed by atoms with Crippen LogP contribution in [0.25, 0.3) is 44.4 Å². The van der Waals surface area contributed by atoms with Crippen LogP contribution in [0.4, 0.5) is 0 Å². The number of rotatable bonds is 2. The van der Waals surface area contributed by atoms with E-state index in [2.05, 4.69) is 52.4 Å². The maximum absolute atomic E-state index is 6.26. The van der Waals surface area contributed by atoms with Crippen molar-refractivity contribution >= 4 is 10.8 Å². The fraction of sp³-hybridized carbons (Fsp3) is 0. The molecule has 175 valence electrons. The second kappa shape index (κ2) is 10.7. The van der Waals surface area contributed by atoms with E-state index in [1.165, 1.54) is 16.3 Å². The van der Waals surface area contributed by atoms with Gasteiger partial charge in [0.15, 0.2) is 0 Å². The summed E-state index contributed by atoms with van der Waals surface area (Å²) >= 11 is 0. The Morgan fingerprint density at radius 3 is 2.06 bits per heavy atom. The van der Waals surface area contributed by atoms with Crippen molar-refractivity contribution in [3.8, 4) is 45.1 Å². The molecule has 4 aromatic carbocycles. The molecule has 7 rings (SSSR count). The van der Waals surface area contributed by atoms with Crippen LogP contribution in [0.2, 0.25) is 0 Å². The van der Waals surface area contributed by atoms with Crippen molar-refractivity contribution < 1.29 is 24.8 Å². The van der Waals surface area contributed by atoms with E-state index in [-0.39, 0.29) is 20.1 Å². The number of nitrogens with zero attached hydrogens (tertiary/aromatic N) is 2. The maximum atomic E-state index is 6.26. The van der Waals surface area contributed by atoms with Gasteiger partial charge in [0, 0.05) is 37.9 Å². The predicted octanol–water partition coefficient (Wildman–Crippen LogP) is 8.02. The monoisotopic (exact) mass is 641 g/mol. The number of fused-ring (bicyclic) bond motifs is 2. The summed E-state index contributed by atoms with van der Waals surface area (Å²) in [6, 6.07) is 42.5. The van der Waals surface area contributed by atoms with Crippen LogP contribution in [0.3, 0.4) is 0 Å². The van der Waals surface area contributed by atoms with Crippen LogP contribution < -0.4 is 4.74 Å². The summed E-state index contributed by atoms with van der Waals surface area (Å²) in [5.41, 5.74) is 6.07. The van der Waals surface area contributed by atoms with Crippen LogP contribution in [0, 0.1) is 12.1 Å². The van der Waals surface area contributed by atoms with Crippen molar-refractivity contribution in [3.05, 3.63) is 134 Å². The van der Waals surface area contributed by atoms with Gasteiger partial charge in [0.25, 0.3) is 0 Å². The van der Waals surface area contributed by atoms with Gasteiger partial charge in [0.2, 0.25) is 0 Å². The van der Waals surface area contributed by atoms with Gasteiger partial charge in [-0.2, -0.15) is 0 Å². The van der Waals surface area contributed by atoms with E-state index in [0.717, 1.165) is 39.6 Å². The van der Waals surface area contributed by atoms with Gasteiger partial charge in [-0.15, -0.1) is 54.1 Å². The second-order valence-corrected chi connectivity index (χ2v) is 8.06. The summed E-state index contributed by atoms with van der Waals surface area (Å²) in [5.74, 6) is 1.72. The maximum Gasteiger partial charge on any atom is 0.122 e. The van der Waals surface area contributed by atoms with Crippen molar-refractivity contribution in [2.75, 3.05) is 0 Å². The Bertz CT molecular complexity index is 1560. The smallest absolute Gasteiger partial charge is 0.122 e. The number of pyridine rings is 2. The third-order valence-corrected chi connectivity index (χ3v) is 5.89. The minimum atomic E-state index is 0. The zero-order valence-corrected chi connectivity index (χ0v) is 21.6. The average Bonchev–Trinajstić information content (AvgIpc) is 2.95. The molecule has 36 heavy (non-hydrogen) atoms. The van der Waals surface area contributed by atoms with Crippen LogP contribution >= 0.6 is 0 Å². The van der Waals surface area contributed by atoms with Gasteiger partial charge in [0.1, 0.15) is 5.75 Å². The molecular formula is C32H20IrN2O-2. The molecule has 0 unspecified atom stereocenters. The van der Waals surface area contributed by atoms with E-state index in [1.54, 1.807) is 12.4 Å². The molecule has 0 spiro atoms. The minimum absolute atomic E-state index is 0. The summed E-state index contributed by atoms with van der Waals surface area (Å²) in [5, 5.41) is 2.36. The average molecular weight is 641 g/mol. The van der Waals surface area contributed by atoms with Crippen molar-refractivity contribution in [2.45, 2.75) is 0 Å². The van der Waals surface area contributed by atoms with Crippen LogP contribution in [0.15, 0.2) is 122 Å². The van der Waals surface area contributed by atoms with Gasteiger partial charge in [-0.25, -0.2) is 0 Å². The molecule has 0 atom stereocenters. The van der Waals surface area contributed by atoms with E-state index in [9.17, 15) is 0 Å². The Morgan fingerprint density at radius 1 is 0.583 bits per heavy atom. The SMILES string of the molecule is [Ir].[c-]1ccc2c(c1-c1ccccn1)Oc1cccc3cccc-2c13.[c-]1ccccc1-c1ccccn1. The number of aromatic nitrogens is 2. The summed E-state index contributed by atoms with van der Waals surface area (Å²) in [6.45, 7) is 0. The second-order valence-electron chi connectivity index (χ2n) is 8.06. The van der Waals surface area contributed by atoms with E-state index in [1.807, 2.05) is 78.9 Å². The molecule has 1 radical (unpaired) electrons. The van der Waals surface area contributed by atoms with Crippen LogP contribution in [-0.4, -0.2) is 9.97 Å². The molecule has 4 heteroatoms. The first kappa shape index (κ1) is 23.6. The standard InChI is InChI=1S/C21H12NO.C11H8N.Ir/c1-2-13-22-18(11-1)17-10-5-9-16-15-8-3-6-14-7-4-12-19(20(14)15)23-21(16)17;1-2-6-10(7-3-1)11-8-4-5-9-12-11;/h1-9,11-13H;1-6,8-9H;/q2*-1;. The number of benzene rings is 4. The minimum Gasteiger partial charge on any atom is -0.501 e. The number of hydrogen-bond acceptors (Lipinski definition) is 3. The normalized spacial score (nSPS) is 10.8. The largest absolute Gasteiger partial charge is 0.501 e. The number of ether oxygens (including phenoxy) is 1. The summed E-state index contributed by atoms with van der Waals surface area (Å²) in [4.78, 5) is 8.67. The molecule has 0 fully saturated rings. The van der Waals surface area contributed by atoms with Gasteiger partial charge in [-0.05, 0) is 40.5 Å². The summed E-state index contributed by atoms with van der Waals surface area (Å²) < 4.78 is 6.26. The summed E-state index contributed by atoms with van der Waals surface area (Å²) in [7, 11) is 0. The molecule has 3 heterocycles. The molecule has 0 bridgehead atoms. The quantitative estimate of drug-likeness (QED) is 0.180. The Morgan fingerprint density at radius 2 is 1.33 bits per heavy atom. The first-order valence-electron chi connectivity index (χ1n) is 11.4.